The van der Waals surface area contributed by atoms with Gasteiger partial charge >= 0.3 is 11.9 Å². The molecule has 0 aliphatic carbocycles. The normalized spacial score (nSPS) is 11.7. The van der Waals surface area contributed by atoms with Crippen molar-refractivity contribution in [2.45, 2.75) is 27.3 Å². The van der Waals surface area contributed by atoms with Crippen LogP contribution in [0.2, 0.25) is 0 Å². The van der Waals surface area contributed by atoms with Gasteiger partial charge in [0.15, 0.2) is 0 Å². The molecule has 0 bridgehead atoms. The Bertz CT molecular complexity index is 710. The van der Waals surface area contributed by atoms with Gasteiger partial charge in [0, 0.05) is 13.1 Å². The van der Waals surface area contributed by atoms with E-state index in [1.807, 2.05) is 35.2 Å². The Balaban J connectivity index is 2.27. The largest absolute Gasteiger partial charge is 0.466 e. The molecule has 1 atom stereocenters. The van der Waals surface area contributed by atoms with E-state index in [2.05, 4.69) is 0 Å². The van der Waals surface area contributed by atoms with Crippen LogP contribution in [0.1, 0.15) is 36.7 Å². The number of benzene rings is 1. The maximum absolute atomic E-state index is 12.2. The van der Waals surface area contributed by atoms with Crippen molar-refractivity contribution in [2.24, 2.45) is 5.92 Å². The number of carbonyl (C=O) groups excluding carboxylic acids is 2. The fraction of sp³-hybridized carbons (Fsp3) is 0.400. The van der Waals surface area contributed by atoms with E-state index in [1.54, 1.807) is 26.8 Å². The Kier molecular flexibility index (Phi) is 7.26. The van der Waals surface area contributed by atoms with E-state index >= 15 is 0 Å². The van der Waals surface area contributed by atoms with Crippen LogP contribution in [0.15, 0.2) is 47.1 Å². The van der Waals surface area contributed by atoms with Crippen LogP contribution in [0, 0.1) is 5.92 Å². The second-order valence-electron chi connectivity index (χ2n) is 5.88. The summed E-state index contributed by atoms with van der Waals surface area (Å²) < 4.78 is 15.8. The number of esters is 2. The highest BCUT2D eigenvalue weighted by molar-refractivity contribution is 5.94. The van der Waals surface area contributed by atoms with Gasteiger partial charge in [0.1, 0.15) is 5.56 Å². The predicted molar refractivity (Wildman–Crippen MR) is 98.0 cm³/mol. The Morgan fingerprint density at radius 2 is 1.77 bits per heavy atom. The predicted octanol–water partition coefficient (Wildman–Crippen LogP) is 3.66. The molecule has 0 saturated heterocycles. The van der Waals surface area contributed by atoms with Crippen LogP contribution in [0.3, 0.4) is 0 Å². The lowest BCUT2D eigenvalue weighted by Gasteiger charge is -2.25. The highest BCUT2D eigenvalue weighted by atomic mass is 16.5. The number of anilines is 1. The minimum absolute atomic E-state index is 0.279. The molecule has 0 aliphatic heterocycles. The molecule has 2 rings (SSSR count). The second kappa shape index (κ2) is 9.65. The topological polar surface area (TPSA) is 69.0 Å². The van der Waals surface area contributed by atoms with E-state index < -0.39 is 5.97 Å². The molecular weight excluding hydrogens is 334 g/mol. The molecule has 1 aromatic carbocycles. The highest BCUT2D eigenvalue weighted by Gasteiger charge is 2.25. The van der Waals surface area contributed by atoms with Crippen LogP contribution in [0.5, 0.6) is 0 Å². The molecule has 0 N–H and O–H groups in total. The van der Waals surface area contributed by atoms with Gasteiger partial charge in [0.05, 0.1) is 25.4 Å². The summed E-state index contributed by atoms with van der Waals surface area (Å²) in [6.07, 6.45) is 1.45. The first-order chi connectivity index (χ1) is 12.6. The van der Waals surface area contributed by atoms with Crippen molar-refractivity contribution >= 4 is 17.8 Å². The summed E-state index contributed by atoms with van der Waals surface area (Å²) in [4.78, 5) is 26.1. The van der Waals surface area contributed by atoms with Crippen molar-refractivity contribution in [3.63, 3.8) is 0 Å². The maximum atomic E-state index is 12.2. The molecule has 1 heterocycles. The second-order valence-corrected chi connectivity index (χ2v) is 5.88. The fourth-order valence-electron chi connectivity index (χ4n) is 2.62. The van der Waals surface area contributed by atoms with Gasteiger partial charge in [-0.05, 0) is 25.5 Å². The number of hydrogen-bond acceptors (Lipinski definition) is 6. The molecule has 6 nitrogen and oxygen atoms in total. The highest BCUT2D eigenvalue weighted by Crippen LogP contribution is 2.26. The van der Waals surface area contributed by atoms with Gasteiger partial charge in [-0.1, -0.05) is 37.3 Å². The SMILES string of the molecule is CCOC(=O)c1ccoc1N(Cc1ccccc1)CC(C)C(=O)OCC. The van der Waals surface area contributed by atoms with Crippen LogP contribution in [0.25, 0.3) is 0 Å². The number of hydrogen-bond donors (Lipinski definition) is 0. The lowest BCUT2D eigenvalue weighted by atomic mass is 10.1. The van der Waals surface area contributed by atoms with Crippen LogP contribution in [-0.4, -0.2) is 31.7 Å². The number of nitrogens with zero attached hydrogens (tertiary/aromatic N) is 1. The zero-order valence-corrected chi connectivity index (χ0v) is 15.4. The standard InChI is InChI=1S/C20H25NO5/c1-4-24-19(22)15(3)13-21(14-16-9-7-6-8-10-16)18-17(11-12-26-18)20(23)25-5-2/h6-12,15H,4-5,13-14H2,1-3H3. The number of rotatable bonds is 9. The molecular formula is C20H25NO5. The molecule has 0 radical (unpaired) electrons. The number of ether oxygens (including phenoxy) is 2. The average Bonchev–Trinajstić information content (AvgIpc) is 3.12. The van der Waals surface area contributed by atoms with E-state index in [9.17, 15) is 9.59 Å². The minimum Gasteiger partial charge on any atom is -0.466 e. The Morgan fingerprint density at radius 1 is 1.08 bits per heavy atom. The summed E-state index contributed by atoms with van der Waals surface area (Å²) in [5, 5.41) is 0. The van der Waals surface area contributed by atoms with Gasteiger partial charge in [0.2, 0.25) is 5.88 Å². The van der Waals surface area contributed by atoms with E-state index in [4.69, 9.17) is 13.9 Å². The summed E-state index contributed by atoms with van der Waals surface area (Å²) in [6, 6.07) is 11.4. The van der Waals surface area contributed by atoms with Gasteiger partial charge in [-0.3, -0.25) is 4.79 Å². The molecule has 0 amide bonds. The number of furan rings is 1. The molecule has 0 fully saturated rings. The van der Waals surface area contributed by atoms with Crippen molar-refractivity contribution in [1.82, 2.24) is 0 Å². The first-order valence-electron chi connectivity index (χ1n) is 8.76. The third-order valence-electron chi connectivity index (χ3n) is 3.83. The summed E-state index contributed by atoms with van der Waals surface area (Å²) in [5.74, 6) is -0.713. The van der Waals surface area contributed by atoms with Gasteiger partial charge in [-0.15, -0.1) is 0 Å². The fourth-order valence-corrected chi connectivity index (χ4v) is 2.62. The molecule has 26 heavy (non-hydrogen) atoms. The number of carbonyl (C=O) groups is 2. The third kappa shape index (κ3) is 5.12. The molecule has 2 aromatic rings. The van der Waals surface area contributed by atoms with Crippen molar-refractivity contribution in [1.29, 1.82) is 0 Å². The monoisotopic (exact) mass is 359 g/mol. The molecule has 0 spiro atoms. The van der Waals surface area contributed by atoms with Gasteiger partial charge in [0.25, 0.3) is 0 Å². The molecule has 140 valence electrons. The third-order valence-corrected chi connectivity index (χ3v) is 3.83. The molecule has 1 unspecified atom stereocenters. The zero-order chi connectivity index (χ0) is 18.9. The Hall–Kier alpha value is -2.76. The summed E-state index contributed by atoms with van der Waals surface area (Å²) in [6.45, 7) is 6.78. The van der Waals surface area contributed by atoms with Gasteiger partial charge in [-0.25, -0.2) is 4.79 Å². The first kappa shape index (κ1) is 19.6. The maximum Gasteiger partial charge on any atom is 0.343 e. The van der Waals surface area contributed by atoms with Crippen molar-refractivity contribution < 1.29 is 23.5 Å². The molecule has 0 aliphatic rings. The van der Waals surface area contributed by atoms with Crippen LogP contribution in [0.4, 0.5) is 5.88 Å². The first-order valence-corrected chi connectivity index (χ1v) is 8.76. The van der Waals surface area contributed by atoms with E-state index in [1.165, 1.54) is 6.26 Å². The summed E-state index contributed by atoms with van der Waals surface area (Å²) in [7, 11) is 0. The van der Waals surface area contributed by atoms with E-state index in [0.717, 1.165) is 5.56 Å². The zero-order valence-electron chi connectivity index (χ0n) is 15.4. The average molecular weight is 359 g/mol. The molecule has 6 heteroatoms. The van der Waals surface area contributed by atoms with E-state index in [0.29, 0.717) is 31.1 Å². The Morgan fingerprint density at radius 3 is 2.42 bits per heavy atom. The smallest absolute Gasteiger partial charge is 0.343 e. The van der Waals surface area contributed by atoms with Crippen LogP contribution < -0.4 is 4.90 Å². The molecule has 1 aromatic heterocycles. The van der Waals surface area contributed by atoms with Crippen molar-refractivity contribution in [3.8, 4) is 0 Å². The Labute approximate surface area is 153 Å². The van der Waals surface area contributed by atoms with Gasteiger partial charge in [-0.2, -0.15) is 0 Å². The lowest BCUT2D eigenvalue weighted by molar-refractivity contribution is -0.147. The lowest BCUT2D eigenvalue weighted by Crippen LogP contribution is -2.33. The van der Waals surface area contributed by atoms with Crippen molar-refractivity contribution in [3.05, 3.63) is 53.8 Å². The molecule has 0 saturated carbocycles. The van der Waals surface area contributed by atoms with Crippen LogP contribution in [-0.2, 0) is 20.8 Å². The van der Waals surface area contributed by atoms with Gasteiger partial charge < -0.3 is 18.8 Å². The summed E-state index contributed by atoms with van der Waals surface area (Å²) >= 11 is 0. The quantitative estimate of drug-likeness (QED) is 0.637. The minimum atomic E-state index is -0.446. The summed E-state index contributed by atoms with van der Waals surface area (Å²) in [5.41, 5.74) is 1.38. The van der Waals surface area contributed by atoms with Crippen molar-refractivity contribution in [2.75, 3.05) is 24.7 Å². The van der Waals surface area contributed by atoms with E-state index in [-0.39, 0.29) is 18.5 Å². The van der Waals surface area contributed by atoms with Crippen LogP contribution >= 0.6 is 0 Å².